The van der Waals surface area contributed by atoms with E-state index in [0.717, 1.165) is 23.9 Å². The van der Waals surface area contributed by atoms with Crippen LogP contribution < -0.4 is 5.32 Å². The van der Waals surface area contributed by atoms with E-state index in [-0.39, 0.29) is 23.1 Å². The predicted octanol–water partition coefficient (Wildman–Crippen LogP) is 2.76. The van der Waals surface area contributed by atoms with Crippen LogP contribution in [0, 0.1) is 11.6 Å². The van der Waals surface area contributed by atoms with E-state index < -0.39 is 32.6 Å². The lowest BCUT2D eigenvalue weighted by molar-refractivity contribution is -0.115. The van der Waals surface area contributed by atoms with Gasteiger partial charge < -0.3 is 9.88 Å². The van der Waals surface area contributed by atoms with Gasteiger partial charge in [-0.25, -0.2) is 17.2 Å². The van der Waals surface area contributed by atoms with Crippen LogP contribution in [0.25, 0.3) is 0 Å². The summed E-state index contributed by atoms with van der Waals surface area (Å²) in [6.45, 7) is 5.73. The van der Waals surface area contributed by atoms with Gasteiger partial charge in [0.2, 0.25) is 5.91 Å². The van der Waals surface area contributed by atoms with E-state index in [1.165, 1.54) is 6.07 Å². The van der Waals surface area contributed by atoms with Gasteiger partial charge in [-0.1, -0.05) is 17.8 Å². The fraction of sp³-hybridized carbons (Fsp3) is 0.389. The molecule has 0 bridgehead atoms. The zero-order valence-electron chi connectivity index (χ0n) is 15.6. The summed E-state index contributed by atoms with van der Waals surface area (Å²) in [5, 5.41) is 10.7. The normalized spacial score (nSPS) is 19.1. The number of sulfone groups is 1. The molecule has 0 spiro atoms. The minimum absolute atomic E-state index is 0.0269. The Bertz CT molecular complexity index is 1040. The van der Waals surface area contributed by atoms with Gasteiger partial charge in [0, 0.05) is 24.2 Å². The van der Waals surface area contributed by atoms with Gasteiger partial charge in [0.15, 0.2) is 26.6 Å². The zero-order valence-corrected chi connectivity index (χ0v) is 17.3. The summed E-state index contributed by atoms with van der Waals surface area (Å²) in [4.78, 5) is 12.4. The largest absolute Gasteiger partial charge is 0.325 e. The Kier molecular flexibility index (Phi) is 6.37. The summed E-state index contributed by atoms with van der Waals surface area (Å²) >= 11 is 1.14. The van der Waals surface area contributed by atoms with Crippen molar-refractivity contribution >= 4 is 33.2 Å². The molecule has 7 nitrogen and oxygen atoms in total. The van der Waals surface area contributed by atoms with Crippen molar-refractivity contribution in [3.63, 3.8) is 0 Å². The van der Waals surface area contributed by atoms with Gasteiger partial charge in [-0.2, -0.15) is 0 Å². The van der Waals surface area contributed by atoms with E-state index in [1.807, 2.05) is 0 Å². The molecule has 2 aromatic rings. The molecule has 1 aliphatic heterocycles. The van der Waals surface area contributed by atoms with Crippen LogP contribution in [-0.4, -0.2) is 45.8 Å². The van der Waals surface area contributed by atoms with E-state index in [0.29, 0.717) is 23.9 Å². The summed E-state index contributed by atoms with van der Waals surface area (Å²) in [6, 6.07) is 3.11. The first-order chi connectivity index (χ1) is 13.7. The first-order valence-corrected chi connectivity index (χ1v) is 11.6. The Labute approximate surface area is 171 Å². The van der Waals surface area contributed by atoms with Crippen molar-refractivity contribution in [2.75, 3.05) is 16.8 Å². The molecule has 29 heavy (non-hydrogen) atoms. The number of hydrogen-bond acceptors (Lipinski definition) is 6. The molecule has 1 saturated heterocycles. The molecule has 1 aromatic heterocycles. The number of allylic oxidation sites excluding steroid dienone is 1. The van der Waals surface area contributed by atoms with Crippen molar-refractivity contribution in [3.05, 3.63) is 48.3 Å². The quantitative estimate of drug-likeness (QED) is 0.524. The number of nitrogens with zero attached hydrogens (tertiary/aromatic N) is 3. The number of halogens is 2. The molecular weight excluding hydrogens is 422 g/mol. The lowest BCUT2D eigenvalue weighted by atomic mass is 10.1. The van der Waals surface area contributed by atoms with E-state index in [1.54, 1.807) is 17.6 Å². The van der Waals surface area contributed by atoms with Crippen molar-refractivity contribution in [1.82, 2.24) is 14.8 Å². The highest BCUT2D eigenvalue weighted by Crippen LogP contribution is 2.31. The van der Waals surface area contributed by atoms with Crippen LogP contribution in [0.5, 0.6) is 0 Å². The lowest BCUT2D eigenvalue weighted by Crippen LogP contribution is -2.23. The highest BCUT2D eigenvalue weighted by molar-refractivity contribution is 8.00. The Balaban J connectivity index is 1.73. The molecule has 1 aromatic carbocycles. The fourth-order valence-corrected chi connectivity index (χ4v) is 5.62. The third-order valence-electron chi connectivity index (χ3n) is 4.49. The first kappa shape index (κ1) is 21.4. The van der Waals surface area contributed by atoms with Crippen LogP contribution in [0.4, 0.5) is 14.5 Å². The second-order valence-corrected chi connectivity index (χ2v) is 10.3. The number of hydrogen-bond donors (Lipinski definition) is 1. The monoisotopic (exact) mass is 442 g/mol. The number of nitrogens with one attached hydrogen (secondary N) is 1. The van der Waals surface area contributed by atoms with Gasteiger partial charge in [-0.15, -0.1) is 16.8 Å². The van der Waals surface area contributed by atoms with Gasteiger partial charge in [0.05, 0.1) is 16.8 Å². The summed E-state index contributed by atoms with van der Waals surface area (Å²) in [5.74, 6) is -2.00. The van der Waals surface area contributed by atoms with Crippen LogP contribution in [0.3, 0.4) is 0 Å². The van der Waals surface area contributed by atoms with E-state index in [9.17, 15) is 22.0 Å². The average molecular weight is 443 g/mol. The maximum atomic E-state index is 13.3. The number of carbonyl (C=O) groups is 1. The van der Waals surface area contributed by atoms with Crippen molar-refractivity contribution in [1.29, 1.82) is 0 Å². The van der Waals surface area contributed by atoms with Gasteiger partial charge in [-0.3, -0.25) is 4.79 Å². The predicted molar refractivity (Wildman–Crippen MR) is 107 cm³/mol. The third kappa shape index (κ3) is 5.02. The Morgan fingerprint density at radius 1 is 1.41 bits per heavy atom. The number of thioether (sulfide) groups is 1. The van der Waals surface area contributed by atoms with Crippen molar-refractivity contribution in [3.8, 4) is 0 Å². The smallest absolute Gasteiger partial charge is 0.237 e. The maximum Gasteiger partial charge on any atom is 0.237 e. The van der Waals surface area contributed by atoms with Crippen LogP contribution in [0.2, 0.25) is 0 Å². The Morgan fingerprint density at radius 3 is 2.79 bits per heavy atom. The molecule has 2 heterocycles. The SMILES string of the molecule is C=CCn1c(SC(C)C(=O)Nc2ccc(F)c(F)c2)nnc1C1CCS(=O)(=O)C1. The van der Waals surface area contributed by atoms with Crippen LogP contribution in [0.15, 0.2) is 36.0 Å². The molecule has 1 N–H and O–H groups in total. The molecule has 0 radical (unpaired) electrons. The highest BCUT2D eigenvalue weighted by Gasteiger charge is 2.33. The number of benzene rings is 1. The van der Waals surface area contributed by atoms with E-state index >= 15 is 0 Å². The fourth-order valence-electron chi connectivity index (χ4n) is 3.02. The summed E-state index contributed by atoms with van der Waals surface area (Å²) in [5.41, 5.74) is 0.144. The molecule has 0 saturated carbocycles. The molecular formula is C18H20F2N4O3S2. The Morgan fingerprint density at radius 2 is 2.17 bits per heavy atom. The minimum Gasteiger partial charge on any atom is -0.325 e. The Hall–Kier alpha value is -2.27. The minimum atomic E-state index is -3.08. The van der Waals surface area contributed by atoms with Crippen LogP contribution in [0.1, 0.15) is 25.1 Å². The molecule has 156 valence electrons. The highest BCUT2D eigenvalue weighted by atomic mass is 32.2. The zero-order chi connectivity index (χ0) is 21.2. The topological polar surface area (TPSA) is 93.9 Å². The molecule has 1 fully saturated rings. The average Bonchev–Trinajstić information content (AvgIpc) is 3.21. The van der Waals surface area contributed by atoms with Crippen molar-refractivity contribution in [2.24, 2.45) is 0 Å². The van der Waals surface area contributed by atoms with Gasteiger partial charge in [0.25, 0.3) is 0 Å². The number of rotatable bonds is 7. The number of anilines is 1. The second-order valence-electron chi connectivity index (χ2n) is 6.72. The molecule has 11 heteroatoms. The molecule has 3 rings (SSSR count). The summed E-state index contributed by atoms with van der Waals surface area (Å²) in [7, 11) is -3.08. The van der Waals surface area contributed by atoms with Gasteiger partial charge in [-0.05, 0) is 25.5 Å². The number of carbonyl (C=O) groups excluding carboxylic acids is 1. The van der Waals surface area contributed by atoms with Gasteiger partial charge in [0.1, 0.15) is 5.82 Å². The van der Waals surface area contributed by atoms with Crippen LogP contribution >= 0.6 is 11.8 Å². The van der Waals surface area contributed by atoms with Crippen LogP contribution in [-0.2, 0) is 21.2 Å². The van der Waals surface area contributed by atoms with E-state index in [4.69, 9.17) is 0 Å². The standard InChI is InChI=1S/C18H20F2N4O3S2/c1-3-7-24-16(12-6-8-29(26,27)10-12)22-23-18(24)28-11(2)17(25)21-13-4-5-14(19)15(20)9-13/h3-5,9,11-12H,1,6-8,10H2,2H3,(H,21,25). The molecule has 2 atom stereocenters. The maximum absolute atomic E-state index is 13.3. The lowest BCUT2D eigenvalue weighted by Gasteiger charge is -2.14. The molecule has 2 unspecified atom stereocenters. The van der Waals surface area contributed by atoms with Crippen molar-refractivity contribution in [2.45, 2.75) is 36.2 Å². The summed E-state index contributed by atoms with van der Waals surface area (Å²) in [6.07, 6.45) is 2.13. The number of amides is 1. The summed E-state index contributed by atoms with van der Waals surface area (Å²) < 4.78 is 51.7. The third-order valence-corrected chi connectivity index (χ3v) is 7.34. The number of aromatic nitrogens is 3. The van der Waals surface area contributed by atoms with Gasteiger partial charge >= 0.3 is 0 Å². The second kappa shape index (κ2) is 8.62. The molecule has 1 aliphatic rings. The first-order valence-electron chi connectivity index (χ1n) is 8.87. The van der Waals surface area contributed by atoms with Crippen molar-refractivity contribution < 1.29 is 22.0 Å². The molecule has 0 aliphatic carbocycles. The molecule has 1 amide bonds. The van der Waals surface area contributed by atoms with E-state index in [2.05, 4.69) is 22.1 Å².